The molecule has 3 rings (SSSR count). The van der Waals surface area contributed by atoms with Gasteiger partial charge in [-0.1, -0.05) is 37.1 Å². The molecule has 18 heavy (non-hydrogen) atoms. The number of fused-ring (bicyclic) bond motifs is 1. The first kappa shape index (κ1) is 12.5. The van der Waals surface area contributed by atoms with Crippen LogP contribution in [0, 0.1) is 24.7 Å². The van der Waals surface area contributed by atoms with Crippen molar-refractivity contribution >= 4 is 11.6 Å². The fourth-order valence-electron chi connectivity index (χ4n) is 3.87. The van der Waals surface area contributed by atoms with Crippen molar-refractivity contribution in [2.24, 2.45) is 17.8 Å². The van der Waals surface area contributed by atoms with Crippen LogP contribution in [0.25, 0.3) is 0 Å². The van der Waals surface area contributed by atoms with Crippen molar-refractivity contribution in [2.45, 2.75) is 39.2 Å². The van der Waals surface area contributed by atoms with E-state index < -0.39 is 0 Å². The molecule has 2 fully saturated rings. The minimum absolute atomic E-state index is 0.517. The third-order valence-corrected chi connectivity index (χ3v) is 5.24. The highest BCUT2D eigenvalue weighted by atomic mass is 35.5. The van der Waals surface area contributed by atoms with Crippen LogP contribution in [0.15, 0.2) is 18.2 Å². The number of halogens is 1. The lowest BCUT2D eigenvalue weighted by molar-refractivity contribution is 0.426. The van der Waals surface area contributed by atoms with Crippen LogP contribution >= 0.6 is 11.6 Å². The summed E-state index contributed by atoms with van der Waals surface area (Å²) < 4.78 is 0. The lowest BCUT2D eigenvalue weighted by Crippen LogP contribution is -2.24. The molecule has 1 aromatic rings. The Bertz CT molecular complexity index is 433. The molecule has 2 saturated carbocycles. The molecule has 3 unspecified atom stereocenters. The van der Waals surface area contributed by atoms with Crippen molar-refractivity contribution in [2.75, 3.05) is 6.54 Å². The highest BCUT2D eigenvalue weighted by molar-refractivity contribution is 6.31. The van der Waals surface area contributed by atoms with Crippen LogP contribution in [0.1, 0.15) is 43.4 Å². The van der Waals surface area contributed by atoms with Gasteiger partial charge in [0.25, 0.3) is 0 Å². The van der Waals surface area contributed by atoms with Crippen molar-refractivity contribution in [1.82, 2.24) is 5.32 Å². The van der Waals surface area contributed by atoms with Gasteiger partial charge >= 0.3 is 0 Å². The van der Waals surface area contributed by atoms with Gasteiger partial charge in [0.15, 0.2) is 0 Å². The molecule has 2 aliphatic carbocycles. The fraction of sp³-hybridized carbons (Fsp3) is 0.625. The monoisotopic (exact) mass is 263 g/mol. The van der Waals surface area contributed by atoms with Crippen LogP contribution in [-0.4, -0.2) is 6.54 Å². The molecule has 0 aromatic heterocycles. The molecule has 98 valence electrons. The first-order valence-corrected chi connectivity index (χ1v) is 7.59. The van der Waals surface area contributed by atoms with E-state index in [-0.39, 0.29) is 0 Å². The summed E-state index contributed by atoms with van der Waals surface area (Å²) in [6.45, 7) is 5.30. The van der Waals surface area contributed by atoms with Crippen molar-refractivity contribution < 1.29 is 0 Å². The molecular weight excluding hydrogens is 242 g/mol. The van der Waals surface area contributed by atoms with E-state index in [1.165, 1.54) is 30.4 Å². The van der Waals surface area contributed by atoms with Gasteiger partial charge in [-0.3, -0.25) is 0 Å². The Labute approximate surface area is 115 Å². The molecule has 2 heteroatoms. The number of nitrogens with one attached hydrogen (secondary N) is 1. The summed E-state index contributed by atoms with van der Waals surface area (Å²) in [7, 11) is 0. The molecule has 0 heterocycles. The summed E-state index contributed by atoms with van der Waals surface area (Å²) in [6, 6.07) is 7.09. The predicted octanol–water partition coefficient (Wildman–Crippen LogP) is 4.35. The first-order valence-electron chi connectivity index (χ1n) is 7.21. The number of hydrogen-bond donors (Lipinski definition) is 1. The third-order valence-electron chi connectivity index (χ3n) is 4.84. The van der Waals surface area contributed by atoms with Gasteiger partial charge in [0.2, 0.25) is 0 Å². The summed E-state index contributed by atoms with van der Waals surface area (Å²) in [4.78, 5) is 0. The zero-order valence-corrected chi connectivity index (χ0v) is 12.0. The Morgan fingerprint density at radius 2 is 2.06 bits per heavy atom. The highest BCUT2D eigenvalue weighted by Gasteiger charge is 2.55. The van der Waals surface area contributed by atoms with Gasteiger partial charge in [0, 0.05) is 11.1 Å². The lowest BCUT2D eigenvalue weighted by Gasteiger charge is -2.21. The Balaban J connectivity index is 1.83. The molecule has 0 saturated heterocycles. The molecule has 3 atom stereocenters. The smallest absolute Gasteiger partial charge is 0.0438 e. The zero-order chi connectivity index (χ0) is 12.7. The van der Waals surface area contributed by atoms with Crippen LogP contribution in [0.5, 0.6) is 0 Å². The van der Waals surface area contributed by atoms with Gasteiger partial charge in [-0.2, -0.15) is 0 Å². The lowest BCUT2D eigenvalue weighted by atomic mass is 9.96. The van der Waals surface area contributed by atoms with Crippen molar-refractivity contribution in [1.29, 1.82) is 0 Å². The summed E-state index contributed by atoms with van der Waals surface area (Å²) >= 11 is 6.28. The van der Waals surface area contributed by atoms with E-state index in [1.54, 1.807) is 0 Å². The largest absolute Gasteiger partial charge is 0.310 e. The molecule has 0 radical (unpaired) electrons. The first-order chi connectivity index (χ1) is 8.72. The maximum Gasteiger partial charge on any atom is 0.0438 e. The second kappa shape index (κ2) is 4.86. The SMILES string of the molecule is CCNC(c1ccc(C)c(Cl)c1)C1C2CCCC21. The van der Waals surface area contributed by atoms with Crippen molar-refractivity contribution in [3.63, 3.8) is 0 Å². The van der Waals surface area contributed by atoms with Crippen LogP contribution in [0.2, 0.25) is 5.02 Å². The fourth-order valence-corrected chi connectivity index (χ4v) is 4.06. The van der Waals surface area contributed by atoms with E-state index in [2.05, 4.69) is 37.4 Å². The molecule has 1 aromatic carbocycles. The summed E-state index contributed by atoms with van der Waals surface area (Å²) in [5, 5.41) is 4.58. The molecule has 1 nitrogen and oxygen atoms in total. The predicted molar refractivity (Wildman–Crippen MR) is 76.9 cm³/mol. The zero-order valence-electron chi connectivity index (χ0n) is 11.2. The number of aryl methyl sites for hydroxylation is 1. The third kappa shape index (κ3) is 2.08. The maximum absolute atomic E-state index is 6.28. The Hall–Kier alpha value is -0.530. The Morgan fingerprint density at radius 3 is 2.67 bits per heavy atom. The highest BCUT2D eigenvalue weighted by Crippen LogP contribution is 2.62. The topological polar surface area (TPSA) is 12.0 Å². The molecule has 0 aliphatic heterocycles. The second-order valence-corrected chi connectivity index (χ2v) is 6.29. The van der Waals surface area contributed by atoms with Gasteiger partial charge in [-0.05, 0) is 61.3 Å². The van der Waals surface area contributed by atoms with Crippen molar-refractivity contribution in [3.8, 4) is 0 Å². The standard InChI is InChI=1S/C16H22ClN/c1-3-18-16(15-12-5-4-6-13(12)15)11-8-7-10(2)14(17)9-11/h7-9,12-13,15-16,18H,3-6H2,1-2H3. The molecule has 0 spiro atoms. The minimum Gasteiger partial charge on any atom is -0.310 e. The Morgan fingerprint density at radius 1 is 1.33 bits per heavy atom. The van der Waals surface area contributed by atoms with Gasteiger partial charge < -0.3 is 5.32 Å². The van der Waals surface area contributed by atoms with Gasteiger partial charge in [-0.15, -0.1) is 0 Å². The van der Waals surface area contributed by atoms with Crippen LogP contribution < -0.4 is 5.32 Å². The van der Waals surface area contributed by atoms with Gasteiger partial charge in [-0.25, -0.2) is 0 Å². The van der Waals surface area contributed by atoms with Crippen LogP contribution in [0.4, 0.5) is 0 Å². The summed E-state index contributed by atoms with van der Waals surface area (Å²) in [5.41, 5.74) is 2.55. The molecule has 2 aliphatic rings. The van der Waals surface area contributed by atoms with Crippen LogP contribution in [-0.2, 0) is 0 Å². The van der Waals surface area contributed by atoms with E-state index in [0.717, 1.165) is 29.3 Å². The van der Waals surface area contributed by atoms with Gasteiger partial charge in [0.05, 0.1) is 0 Å². The molecule has 0 amide bonds. The molecular formula is C16H22ClN. The number of hydrogen-bond acceptors (Lipinski definition) is 1. The maximum atomic E-state index is 6.28. The van der Waals surface area contributed by atoms with E-state index in [1.807, 2.05) is 0 Å². The Kier molecular flexibility index (Phi) is 3.38. The second-order valence-electron chi connectivity index (χ2n) is 5.88. The van der Waals surface area contributed by atoms with Gasteiger partial charge in [0.1, 0.15) is 0 Å². The van der Waals surface area contributed by atoms with Crippen LogP contribution in [0.3, 0.4) is 0 Å². The average Bonchev–Trinajstić information content (AvgIpc) is 2.82. The van der Waals surface area contributed by atoms with E-state index in [4.69, 9.17) is 11.6 Å². The molecule has 0 bridgehead atoms. The number of benzene rings is 1. The summed E-state index contributed by atoms with van der Waals surface area (Å²) in [5.74, 6) is 2.82. The average molecular weight is 264 g/mol. The van der Waals surface area contributed by atoms with E-state index >= 15 is 0 Å². The quantitative estimate of drug-likeness (QED) is 0.852. The minimum atomic E-state index is 0.517. The molecule has 1 N–H and O–H groups in total. The summed E-state index contributed by atoms with van der Waals surface area (Å²) in [6.07, 6.45) is 4.33. The van der Waals surface area contributed by atoms with E-state index in [9.17, 15) is 0 Å². The van der Waals surface area contributed by atoms with Crippen molar-refractivity contribution in [3.05, 3.63) is 34.3 Å². The van der Waals surface area contributed by atoms with E-state index in [0.29, 0.717) is 6.04 Å². The normalized spacial score (nSPS) is 31.2. The number of rotatable bonds is 4.